The Hall–Kier alpha value is -0.930. The number of fused-ring (bicyclic) bond motifs is 1. The van der Waals surface area contributed by atoms with Crippen molar-refractivity contribution in [3.05, 3.63) is 40.5 Å². The van der Waals surface area contributed by atoms with Gasteiger partial charge in [0.05, 0.1) is 5.52 Å². The van der Waals surface area contributed by atoms with Crippen molar-refractivity contribution in [2.45, 2.75) is 19.3 Å². The fourth-order valence-electron chi connectivity index (χ4n) is 2.02. The van der Waals surface area contributed by atoms with E-state index in [1.165, 1.54) is 23.8 Å². The Morgan fingerprint density at radius 1 is 1.24 bits per heavy atom. The minimum Gasteiger partial charge on any atom is -0.320 e. The number of pyridine rings is 1. The smallest absolute Gasteiger partial charge is 0.0745 e. The number of aryl methyl sites for hydroxylation is 1. The third-order valence-corrected chi connectivity index (χ3v) is 3.61. The minimum absolute atomic E-state index is 1.09. The molecule has 0 aliphatic rings. The molecule has 0 radical (unpaired) electrons. The van der Waals surface area contributed by atoms with Crippen LogP contribution in [0.2, 0.25) is 0 Å². The molecule has 0 aliphatic carbocycles. The van der Waals surface area contributed by atoms with Crippen LogP contribution in [0.5, 0.6) is 0 Å². The van der Waals surface area contributed by atoms with Crippen LogP contribution in [0, 0.1) is 0 Å². The molecule has 0 fully saturated rings. The Labute approximate surface area is 111 Å². The molecule has 0 aliphatic heterocycles. The van der Waals surface area contributed by atoms with Crippen molar-refractivity contribution in [2.24, 2.45) is 0 Å². The first-order valence-electron chi connectivity index (χ1n) is 5.99. The second-order valence-electron chi connectivity index (χ2n) is 4.17. The van der Waals surface area contributed by atoms with E-state index in [0.29, 0.717) is 0 Å². The summed E-state index contributed by atoms with van der Waals surface area (Å²) in [6.45, 7) is 1.09. The van der Waals surface area contributed by atoms with Gasteiger partial charge in [-0.25, -0.2) is 0 Å². The molecule has 3 heteroatoms. The highest BCUT2D eigenvalue weighted by atomic mass is 79.9. The van der Waals surface area contributed by atoms with Gasteiger partial charge in [-0.1, -0.05) is 28.1 Å². The second kappa shape index (κ2) is 6.12. The van der Waals surface area contributed by atoms with Crippen LogP contribution in [0.1, 0.15) is 18.4 Å². The lowest BCUT2D eigenvalue weighted by molar-refractivity contribution is 0.678. The standard InChI is InChI=1S/C14H17BrN2/c1-16-9-3-2-5-11-7-8-13(15)12-6-4-10-17-14(11)12/h4,6-8,10,16H,2-3,5,9H2,1H3. The number of nitrogens with one attached hydrogen (secondary N) is 1. The van der Waals surface area contributed by atoms with Crippen LogP contribution in [0.3, 0.4) is 0 Å². The highest BCUT2D eigenvalue weighted by Crippen LogP contribution is 2.25. The predicted octanol–water partition coefficient (Wildman–Crippen LogP) is 3.54. The summed E-state index contributed by atoms with van der Waals surface area (Å²) < 4.78 is 1.12. The molecule has 1 heterocycles. The summed E-state index contributed by atoms with van der Waals surface area (Å²) in [5.74, 6) is 0. The minimum atomic E-state index is 1.09. The van der Waals surface area contributed by atoms with E-state index >= 15 is 0 Å². The number of unbranched alkanes of at least 4 members (excludes halogenated alkanes) is 1. The summed E-state index contributed by atoms with van der Waals surface area (Å²) in [4.78, 5) is 4.50. The number of rotatable bonds is 5. The molecule has 2 nitrogen and oxygen atoms in total. The fourth-order valence-corrected chi connectivity index (χ4v) is 2.47. The maximum absolute atomic E-state index is 4.50. The van der Waals surface area contributed by atoms with E-state index < -0.39 is 0 Å². The van der Waals surface area contributed by atoms with Crippen molar-refractivity contribution in [1.29, 1.82) is 0 Å². The Kier molecular flexibility index (Phi) is 4.51. The largest absolute Gasteiger partial charge is 0.320 e. The number of nitrogens with zero attached hydrogens (tertiary/aromatic N) is 1. The Balaban J connectivity index is 2.20. The zero-order chi connectivity index (χ0) is 12.1. The monoisotopic (exact) mass is 292 g/mol. The molecule has 0 unspecified atom stereocenters. The summed E-state index contributed by atoms with van der Waals surface area (Å²) in [7, 11) is 2.00. The van der Waals surface area contributed by atoms with E-state index in [-0.39, 0.29) is 0 Å². The maximum Gasteiger partial charge on any atom is 0.0745 e. The van der Waals surface area contributed by atoms with Crippen LogP contribution in [0.4, 0.5) is 0 Å². The summed E-state index contributed by atoms with van der Waals surface area (Å²) in [6, 6.07) is 8.40. The van der Waals surface area contributed by atoms with Crippen LogP contribution < -0.4 is 5.32 Å². The summed E-state index contributed by atoms with van der Waals surface area (Å²) >= 11 is 3.57. The molecule has 1 aromatic heterocycles. The molecule has 0 saturated carbocycles. The zero-order valence-electron chi connectivity index (χ0n) is 10.0. The number of hydrogen-bond donors (Lipinski definition) is 1. The SMILES string of the molecule is CNCCCCc1ccc(Br)c2cccnc12. The molecular weight excluding hydrogens is 276 g/mol. The van der Waals surface area contributed by atoms with Gasteiger partial charge in [0.15, 0.2) is 0 Å². The molecule has 0 atom stereocenters. The topological polar surface area (TPSA) is 24.9 Å². The van der Waals surface area contributed by atoms with Crippen molar-refractivity contribution in [3.63, 3.8) is 0 Å². The first-order chi connectivity index (χ1) is 8.33. The van der Waals surface area contributed by atoms with Crippen LogP contribution in [0.15, 0.2) is 34.9 Å². The predicted molar refractivity (Wildman–Crippen MR) is 76.3 cm³/mol. The molecule has 90 valence electrons. The average Bonchev–Trinajstić information content (AvgIpc) is 2.37. The summed E-state index contributed by atoms with van der Waals surface area (Å²) in [5, 5.41) is 4.38. The van der Waals surface area contributed by atoms with Gasteiger partial charge in [-0.2, -0.15) is 0 Å². The van der Waals surface area contributed by atoms with Crippen molar-refractivity contribution < 1.29 is 0 Å². The molecular formula is C14H17BrN2. The molecule has 2 aromatic rings. The van der Waals surface area contributed by atoms with Gasteiger partial charge in [0.25, 0.3) is 0 Å². The van der Waals surface area contributed by atoms with Crippen molar-refractivity contribution in [2.75, 3.05) is 13.6 Å². The number of benzene rings is 1. The highest BCUT2D eigenvalue weighted by Gasteiger charge is 2.04. The maximum atomic E-state index is 4.50. The van der Waals surface area contributed by atoms with Crippen LogP contribution in [-0.2, 0) is 6.42 Å². The quantitative estimate of drug-likeness (QED) is 0.853. The second-order valence-corrected chi connectivity index (χ2v) is 5.02. The van der Waals surface area contributed by atoms with Gasteiger partial charge < -0.3 is 5.32 Å². The normalized spacial score (nSPS) is 10.9. The molecule has 1 N–H and O–H groups in total. The number of hydrogen-bond acceptors (Lipinski definition) is 2. The van der Waals surface area contributed by atoms with Crippen LogP contribution >= 0.6 is 15.9 Å². The molecule has 17 heavy (non-hydrogen) atoms. The van der Waals surface area contributed by atoms with E-state index in [1.54, 1.807) is 0 Å². The Bertz CT molecular complexity index is 497. The fraction of sp³-hybridized carbons (Fsp3) is 0.357. The van der Waals surface area contributed by atoms with Gasteiger partial charge in [-0.15, -0.1) is 0 Å². The molecule has 1 aromatic carbocycles. The van der Waals surface area contributed by atoms with Gasteiger partial charge in [-0.05, 0) is 50.6 Å². The highest BCUT2D eigenvalue weighted by molar-refractivity contribution is 9.10. The van der Waals surface area contributed by atoms with E-state index in [4.69, 9.17) is 0 Å². The third-order valence-electron chi connectivity index (χ3n) is 2.92. The van der Waals surface area contributed by atoms with E-state index in [9.17, 15) is 0 Å². The Morgan fingerprint density at radius 3 is 2.94 bits per heavy atom. The number of halogens is 1. The van der Waals surface area contributed by atoms with Crippen molar-refractivity contribution >= 4 is 26.8 Å². The zero-order valence-corrected chi connectivity index (χ0v) is 11.6. The average molecular weight is 293 g/mol. The van der Waals surface area contributed by atoms with Gasteiger partial charge in [0.1, 0.15) is 0 Å². The molecule has 0 spiro atoms. The molecule has 0 bridgehead atoms. The van der Waals surface area contributed by atoms with Crippen LogP contribution in [-0.4, -0.2) is 18.6 Å². The van der Waals surface area contributed by atoms with Gasteiger partial charge in [0.2, 0.25) is 0 Å². The van der Waals surface area contributed by atoms with E-state index in [2.05, 4.69) is 44.4 Å². The van der Waals surface area contributed by atoms with Gasteiger partial charge in [-0.3, -0.25) is 4.98 Å². The molecule has 2 rings (SSSR count). The Morgan fingerprint density at radius 2 is 2.12 bits per heavy atom. The molecule has 0 saturated heterocycles. The number of aromatic nitrogens is 1. The van der Waals surface area contributed by atoms with Gasteiger partial charge >= 0.3 is 0 Å². The summed E-state index contributed by atoms with van der Waals surface area (Å²) in [5.41, 5.74) is 2.48. The lowest BCUT2D eigenvalue weighted by Gasteiger charge is -2.07. The first-order valence-corrected chi connectivity index (χ1v) is 6.79. The van der Waals surface area contributed by atoms with Crippen molar-refractivity contribution in [1.82, 2.24) is 10.3 Å². The lowest BCUT2D eigenvalue weighted by atomic mass is 10.0. The molecule has 0 amide bonds. The third kappa shape index (κ3) is 3.05. The lowest BCUT2D eigenvalue weighted by Crippen LogP contribution is -2.07. The van der Waals surface area contributed by atoms with Crippen molar-refractivity contribution in [3.8, 4) is 0 Å². The van der Waals surface area contributed by atoms with E-state index in [1.807, 2.05) is 19.3 Å². The van der Waals surface area contributed by atoms with Crippen LogP contribution in [0.25, 0.3) is 10.9 Å². The van der Waals surface area contributed by atoms with Gasteiger partial charge in [0, 0.05) is 16.1 Å². The van der Waals surface area contributed by atoms with E-state index in [0.717, 1.165) is 23.0 Å². The first kappa shape index (κ1) is 12.5. The summed E-state index contributed by atoms with van der Waals surface area (Å²) in [6.07, 6.45) is 5.38.